The second-order valence-corrected chi connectivity index (χ2v) is 26.5. The molecule has 7 rings (SSSR count). The van der Waals surface area contributed by atoms with E-state index in [2.05, 4.69) is 35.2 Å². The topological polar surface area (TPSA) is 571 Å². The Hall–Kier alpha value is -5.58. The number of carboxylic acid groups (broad SMARTS) is 1. The van der Waals surface area contributed by atoms with Crippen LogP contribution in [0.5, 0.6) is 0 Å². The number of hydrogen-bond donors (Lipinski definition) is 15. The molecule has 15 unspecified atom stereocenters. The molecule has 0 saturated carbocycles. The Morgan fingerprint density at radius 2 is 1.02 bits per heavy atom. The molecule has 3 amide bonds. The molecule has 41 nitrogen and oxygen atoms in total. The number of thioether (sulfide) groups is 1. The van der Waals surface area contributed by atoms with Gasteiger partial charge in [0, 0.05) is 68.1 Å². The Morgan fingerprint density at radius 3 is 1.48 bits per heavy atom. The standard InChI is InChI=1S/C62H91N3O38S2/c1-7-44(75)86-21-29(72)24-89-57(84)54-52(96-60-35(65-28(5)71)16-39(43(20-68)94-60)100-102-61-48(79)46(77)51(53(97-61)55(81)82)95-59-34(64-27(4)70)14-37(99-85-6)41(18-66)93-59)47(78)49(80)62(98-54)103-101-38-15-33(63-26(3)69)58(92-42(38)19-67)91-40-17-36(74)25(2)90-50(40)56(83)88-23-30(73)22-87-45(76)11-12-105-32-10-8-9-31(104)13-32/h7-10,13,25,29-30,33-43,46-54,58-62,66-68,72-74,77-80,104H,1,11-12,14-24H2,2-6H3,(H,63,69)(H,64,70)(H,65,71)(H,81,82)/t25?,29?,30?,33-,34?,35-,36?,37-,38-,39-,40+,41-,42-,43-,46?,47?,48?,49?,50?,51+,52+,53?,54?,58+,59-,60?,61?,62?/m0/s1. The fraction of sp³-hybridized carbons (Fsp3) is 0.742. The van der Waals surface area contributed by atoms with Gasteiger partial charge in [0.1, 0.15) is 118 Å². The summed E-state index contributed by atoms with van der Waals surface area (Å²) in [5, 5.41) is 128. The summed E-state index contributed by atoms with van der Waals surface area (Å²) in [5.74, 6) is -7.67. The van der Waals surface area contributed by atoms with Crippen LogP contribution in [0.4, 0.5) is 0 Å². The van der Waals surface area contributed by atoms with Crippen LogP contribution in [-0.4, -0.2) is 335 Å². The molecule has 43 heteroatoms. The molecule has 6 aliphatic heterocycles. The first-order valence-corrected chi connectivity index (χ1v) is 34.5. The van der Waals surface area contributed by atoms with Gasteiger partial charge >= 0.3 is 29.8 Å². The van der Waals surface area contributed by atoms with Gasteiger partial charge in [-0.15, -0.1) is 24.4 Å². The van der Waals surface area contributed by atoms with Crippen LogP contribution in [0.2, 0.25) is 0 Å². The zero-order valence-electron chi connectivity index (χ0n) is 57.2. The summed E-state index contributed by atoms with van der Waals surface area (Å²) in [6.07, 6.45) is -44.6. The number of esters is 4. The van der Waals surface area contributed by atoms with Crippen molar-refractivity contribution in [1.29, 1.82) is 0 Å². The van der Waals surface area contributed by atoms with Gasteiger partial charge in [-0.25, -0.2) is 48.5 Å². The molecular weight excluding hydrogens is 1460 g/mol. The van der Waals surface area contributed by atoms with Gasteiger partial charge in [0.25, 0.3) is 0 Å². The lowest BCUT2D eigenvalue weighted by atomic mass is 9.97. The van der Waals surface area contributed by atoms with Gasteiger partial charge < -0.3 is 134 Å². The first kappa shape index (κ1) is 86.7. The summed E-state index contributed by atoms with van der Waals surface area (Å²) >= 11 is 5.69. The molecule has 0 spiro atoms. The van der Waals surface area contributed by atoms with Gasteiger partial charge in [0.05, 0.1) is 63.7 Å². The third-order valence-electron chi connectivity index (χ3n) is 16.7. The predicted molar refractivity (Wildman–Crippen MR) is 341 cm³/mol. The second kappa shape index (κ2) is 41.8. The van der Waals surface area contributed by atoms with Crippen LogP contribution in [0.15, 0.2) is 46.7 Å². The van der Waals surface area contributed by atoms with E-state index in [1.54, 1.807) is 6.07 Å². The third kappa shape index (κ3) is 25.0. The summed E-state index contributed by atoms with van der Waals surface area (Å²) in [7, 11) is 1.18. The summed E-state index contributed by atoms with van der Waals surface area (Å²) in [4.78, 5) is 136. The van der Waals surface area contributed by atoms with Crippen molar-refractivity contribution in [1.82, 2.24) is 16.0 Å². The van der Waals surface area contributed by atoms with Crippen molar-refractivity contribution in [3.8, 4) is 0 Å². The zero-order chi connectivity index (χ0) is 76.9. The molecule has 14 N–H and O–H groups in total. The highest BCUT2D eigenvalue weighted by Crippen LogP contribution is 2.37. The van der Waals surface area contributed by atoms with Crippen LogP contribution < -0.4 is 16.0 Å². The molecular formula is C62H91N3O38S2. The maximum Gasteiger partial charge on any atom is 0.338 e. The predicted octanol–water partition coefficient (Wildman–Crippen LogP) is -6.37. The molecule has 28 atom stereocenters. The van der Waals surface area contributed by atoms with Crippen LogP contribution in [-0.2, 0) is 129 Å². The number of aliphatic hydroxyl groups is 10. The molecule has 1 aromatic carbocycles. The van der Waals surface area contributed by atoms with Crippen molar-refractivity contribution in [3.63, 3.8) is 0 Å². The van der Waals surface area contributed by atoms with Crippen molar-refractivity contribution in [2.75, 3.05) is 59.1 Å². The van der Waals surface area contributed by atoms with Crippen LogP contribution in [0, 0.1) is 0 Å². The van der Waals surface area contributed by atoms with Crippen molar-refractivity contribution in [2.45, 2.75) is 241 Å². The molecule has 0 bridgehead atoms. The number of benzene rings is 1. The number of ether oxygens (including phenoxy) is 13. The Balaban J connectivity index is 1.01. The summed E-state index contributed by atoms with van der Waals surface area (Å²) in [6.45, 7) is 2.52. The second-order valence-electron chi connectivity index (χ2n) is 24.8. The normalized spacial score (nSPS) is 35.5. The Bertz CT molecular complexity index is 3010. The van der Waals surface area contributed by atoms with E-state index < -0.39 is 278 Å². The molecule has 6 heterocycles. The van der Waals surface area contributed by atoms with E-state index in [0.29, 0.717) is 5.75 Å². The third-order valence-corrected chi connectivity index (χ3v) is 18.0. The van der Waals surface area contributed by atoms with Crippen molar-refractivity contribution < 1.29 is 185 Å². The van der Waals surface area contributed by atoms with E-state index in [0.717, 1.165) is 36.6 Å². The average molecular weight is 1550 g/mol. The Morgan fingerprint density at radius 1 is 0.571 bits per heavy atom. The number of thiol groups is 1. The van der Waals surface area contributed by atoms with Gasteiger partial charge in [-0.05, 0) is 25.1 Å². The van der Waals surface area contributed by atoms with Crippen molar-refractivity contribution in [2.24, 2.45) is 0 Å². The molecule has 1 aromatic rings. The molecule has 0 radical (unpaired) electrons. The molecule has 105 heavy (non-hydrogen) atoms. The minimum Gasteiger partial charge on any atom is -0.479 e. The highest BCUT2D eigenvalue weighted by atomic mass is 32.2. The summed E-state index contributed by atoms with van der Waals surface area (Å²) < 4.78 is 73.6. The van der Waals surface area contributed by atoms with Gasteiger partial charge in [0.2, 0.25) is 30.3 Å². The number of amides is 3. The maximum absolute atomic E-state index is 14.1. The lowest BCUT2D eigenvalue weighted by Crippen LogP contribution is -2.65. The monoisotopic (exact) mass is 1550 g/mol. The minimum atomic E-state index is -2.35. The molecule has 0 aliphatic carbocycles. The van der Waals surface area contributed by atoms with Gasteiger partial charge in [-0.1, -0.05) is 12.6 Å². The first-order valence-electron chi connectivity index (χ1n) is 33.0. The number of aliphatic hydroxyl groups excluding tert-OH is 10. The van der Waals surface area contributed by atoms with Gasteiger partial charge in [-0.2, -0.15) is 0 Å². The van der Waals surface area contributed by atoms with E-state index in [-0.39, 0.29) is 19.3 Å². The largest absolute Gasteiger partial charge is 0.479 e. The van der Waals surface area contributed by atoms with Gasteiger partial charge in [-0.3, -0.25) is 19.2 Å². The van der Waals surface area contributed by atoms with E-state index in [1.807, 2.05) is 18.2 Å². The number of carbonyl (C=O) groups excluding carboxylic acids is 7. The smallest absolute Gasteiger partial charge is 0.338 e. The number of carboxylic acids is 1. The number of nitrogens with one attached hydrogen (secondary N) is 3. The molecule has 6 aliphatic rings. The Labute approximate surface area is 608 Å². The molecule has 6 fully saturated rings. The van der Waals surface area contributed by atoms with Crippen LogP contribution in [0.25, 0.3) is 0 Å². The lowest BCUT2D eigenvalue weighted by Gasteiger charge is -2.46. The number of aliphatic carboxylic acids is 1. The van der Waals surface area contributed by atoms with Crippen molar-refractivity contribution >= 4 is 72.0 Å². The molecule has 6 saturated heterocycles. The summed E-state index contributed by atoms with van der Waals surface area (Å²) in [6, 6.07) is 3.40. The average Bonchev–Trinajstić information content (AvgIpc) is 0.619. The molecule has 594 valence electrons. The van der Waals surface area contributed by atoms with E-state index >= 15 is 0 Å². The van der Waals surface area contributed by atoms with E-state index in [4.69, 9.17) is 90.9 Å². The van der Waals surface area contributed by atoms with Crippen LogP contribution >= 0.6 is 24.4 Å². The van der Waals surface area contributed by atoms with E-state index in [1.165, 1.54) is 25.8 Å². The highest BCUT2D eigenvalue weighted by Gasteiger charge is 2.57. The molecule has 0 aromatic heterocycles. The van der Waals surface area contributed by atoms with Crippen molar-refractivity contribution in [3.05, 3.63) is 36.9 Å². The Kier molecular flexibility index (Phi) is 34.5. The SMILES string of the molecule is C=CC(=O)OCC(O)COC(=O)C1OC(OO[C@H]2C[C@H](NC(C)=O)[C@H](O[C@@H]3CC(O)C(C)OC3C(=O)OCC(O)COC(=O)CCSc3cccc(S)c3)O[C@H]2CO)C(O)C(O)[C@H]1OC1O[C@@H](CO)[C@@H](OOC2OC(C(=O)O)[C@H](O[C@@H]3O[C@@H](CO)[C@@H](OOC)CC3NC(C)=O)C(O)C2O)C[C@@H]1NC(C)=O. The minimum absolute atomic E-state index is 0.00815. The lowest BCUT2D eigenvalue weighted by molar-refractivity contribution is -0.461. The van der Waals surface area contributed by atoms with Crippen LogP contribution in [0.1, 0.15) is 59.8 Å². The maximum atomic E-state index is 14.1. The van der Waals surface area contributed by atoms with Crippen LogP contribution in [0.3, 0.4) is 0 Å². The number of hydrogen-bond acceptors (Lipinski definition) is 39. The summed E-state index contributed by atoms with van der Waals surface area (Å²) in [5.41, 5.74) is 0. The number of carbonyl (C=O) groups is 8. The van der Waals surface area contributed by atoms with E-state index in [9.17, 15) is 94.5 Å². The highest BCUT2D eigenvalue weighted by molar-refractivity contribution is 7.99. The first-order chi connectivity index (χ1) is 49.9. The number of rotatable bonds is 36. The zero-order valence-corrected chi connectivity index (χ0v) is 59.0. The van der Waals surface area contributed by atoms with Gasteiger partial charge in [0.15, 0.2) is 37.2 Å². The quantitative estimate of drug-likeness (QED) is 0.00565. The fourth-order valence-electron chi connectivity index (χ4n) is 11.6. The fourth-order valence-corrected chi connectivity index (χ4v) is 12.8.